The molecule has 2 rings (SSSR count). The van der Waals surface area contributed by atoms with Crippen molar-refractivity contribution in [2.45, 2.75) is 25.1 Å². The van der Waals surface area contributed by atoms with Crippen molar-refractivity contribution in [3.05, 3.63) is 28.7 Å². The van der Waals surface area contributed by atoms with E-state index in [1.807, 2.05) is 24.3 Å². The molecule has 1 aliphatic carbocycles. The van der Waals surface area contributed by atoms with Crippen LogP contribution in [0.3, 0.4) is 0 Å². The zero-order valence-corrected chi connectivity index (χ0v) is 12.0. The van der Waals surface area contributed by atoms with E-state index in [0.717, 1.165) is 23.0 Å². The van der Waals surface area contributed by atoms with Gasteiger partial charge < -0.3 is 5.32 Å². The maximum absolute atomic E-state index is 12.4. The summed E-state index contributed by atoms with van der Waals surface area (Å²) in [7, 11) is 0. The SMILES string of the molecule is FC(F)(F)CN(CCNc1cccc(Br)c1)C1CC1. The van der Waals surface area contributed by atoms with Crippen molar-refractivity contribution >= 4 is 21.6 Å². The molecule has 0 unspecified atom stereocenters. The molecule has 106 valence electrons. The lowest BCUT2D eigenvalue weighted by Gasteiger charge is -2.23. The highest BCUT2D eigenvalue weighted by atomic mass is 79.9. The Morgan fingerprint density at radius 3 is 2.63 bits per heavy atom. The second kappa shape index (κ2) is 6.13. The zero-order chi connectivity index (χ0) is 13.9. The van der Waals surface area contributed by atoms with Crippen LogP contribution in [0.2, 0.25) is 0 Å². The number of anilines is 1. The molecule has 0 radical (unpaired) electrons. The minimum atomic E-state index is -4.11. The predicted molar refractivity (Wildman–Crippen MR) is 73.3 cm³/mol. The first-order chi connectivity index (χ1) is 8.94. The van der Waals surface area contributed by atoms with Crippen LogP contribution in [0, 0.1) is 0 Å². The molecule has 0 aliphatic heterocycles. The van der Waals surface area contributed by atoms with E-state index in [4.69, 9.17) is 0 Å². The van der Waals surface area contributed by atoms with Gasteiger partial charge in [0.25, 0.3) is 0 Å². The molecule has 1 aromatic rings. The van der Waals surface area contributed by atoms with Crippen LogP contribution >= 0.6 is 15.9 Å². The van der Waals surface area contributed by atoms with Crippen LogP contribution in [0.1, 0.15) is 12.8 Å². The molecule has 1 aromatic carbocycles. The summed E-state index contributed by atoms with van der Waals surface area (Å²) in [6.45, 7) is 0.123. The fourth-order valence-corrected chi connectivity index (χ4v) is 2.40. The van der Waals surface area contributed by atoms with Crippen molar-refractivity contribution in [1.82, 2.24) is 4.90 Å². The number of benzene rings is 1. The number of nitrogens with one attached hydrogen (secondary N) is 1. The largest absolute Gasteiger partial charge is 0.401 e. The van der Waals surface area contributed by atoms with Gasteiger partial charge in [-0.3, -0.25) is 4.90 Å². The highest BCUT2D eigenvalue weighted by Crippen LogP contribution is 2.29. The van der Waals surface area contributed by atoms with Crippen molar-refractivity contribution in [2.75, 3.05) is 25.0 Å². The molecular formula is C13H16BrF3N2. The van der Waals surface area contributed by atoms with Crippen LogP contribution < -0.4 is 5.32 Å². The van der Waals surface area contributed by atoms with Gasteiger partial charge in [0.2, 0.25) is 0 Å². The Labute approximate surface area is 119 Å². The Bertz CT molecular complexity index is 419. The third kappa shape index (κ3) is 5.40. The minimum absolute atomic E-state index is 0.117. The standard InChI is InChI=1S/C13H16BrF3N2/c14-10-2-1-3-11(8-10)18-6-7-19(12-4-5-12)9-13(15,16)17/h1-3,8,12,18H,4-7,9H2. The molecule has 0 amide bonds. The van der Waals surface area contributed by atoms with Gasteiger partial charge in [-0.1, -0.05) is 22.0 Å². The molecule has 0 saturated heterocycles. The van der Waals surface area contributed by atoms with E-state index in [1.165, 1.54) is 4.90 Å². The Morgan fingerprint density at radius 1 is 1.32 bits per heavy atom. The van der Waals surface area contributed by atoms with Crippen molar-refractivity contribution in [2.24, 2.45) is 0 Å². The molecule has 0 atom stereocenters. The van der Waals surface area contributed by atoms with E-state index < -0.39 is 12.7 Å². The van der Waals surface area contributed by atoms with Crippen molar-refractivity contribution < 1.29 is 13.2 Å². The average molecular weight is 337 g/mol. The summed E-state index contributed by atoms with van der Waals surface area (Å²) in [5, 5.41) is 3.15. The first-order valence-electron chi connectivity index (χ1n) is 6.24. The molecule has 0 bridgehead atoms. The predicted octanol–water partition coefficient (Wildman–Crippen LogP) is 3.89. The van der Waals surface area contributed by atoms with E-state index in [2.05, 4.69) is 21.2 Å². The fourth-order valence-electron chi connectivity index (χ4n) is 2.00. The summed E-state index contributed by atoms with van der Waals surface area (Å²) in [4.78, 5) is 1.52. The van der Waals surface area contributed by atoms with E-state index >= 15 is 0 Å². The Balaban J connectivity index is 1.79. The Kier molecular flexibility index (Phi) is 4.73. The maximum atomic E-state index is 12.4. The first-order valence-corrected chi connectivity index (χ1v) is 7.03. The number of alkyl halides is 3. The minimum Gasteiger partial charge on any atom is -0.384 e. The molecular weight excluding hydrogens is 321 g/mol. The van der Waals surface area contributed by atoms with Gasteiger partial charge in [-0.2, -0.15) is 13.2 Å². The summed E-state index contributed by atoms with van der Waals surface area (Å²) >= 11 is 3.36. The third-order valence-electron chi connectivity index (χ3n) is 3.00. The van der Waals surface area contributed by atoms with Gasteiger partial charge in [0.15, 0.2) is 0 Å². The zero-order valence-electron chi connectivity index (χ0n) is 10.4. The van der Waals surface area contributed by atoms with E-state index in [1.54, 1.807) is 0 Å². The highest BCUT2D eigenvalue weighted by Gasteiger charge is 2.37. The molecule has 0 spiro atoms. The molecule has 1 fully saturated rings. The Morgan fingerprint density at radius 2 is 2.05 bits per heavy atom. The van der Waals surface area contributed by atoms with Gasteiger partial charge in [-0.05, 0) is 31.0 Å². The molecule has 2 nitrogen and oxygen atoms in total. The van der Waals surface area contributed by atoms with Gasteiger partial charge in [-0.15, -0.1) is 0 Å². The lowest BCUT2D eigenvalue weighted by Crippen LogP contribution is -2.38. The Hall–Kier alpha value is -0.750. The van der Waals surface area contributed by atoms with Crippen molar-refractivity contribution in [1.29, 1.82) is 0 Å². The van der Waals surface area contributed by atoms with E-state index in [0.29, 0.717) is 13.1 Å². The average Bonchev–Trinajstić information content (AvgIpc) is 3.10. The third-order valence-corrected chi connectivity index (χ3v) is 3.49. The molecule has 1 N–H and O–H groups in total. The number of hydrogen-bond donors (Lipinski definition) is 1. The number of nitrogens with zero attached hydrogens (tertiary/aromatic N) is 1. The summed E-state index contributed by atoms with van der Waals surface area (Å²) in [6, 6.07) is 7.72. The van der Waals surface area contributed by atoms with Gasteiger partial charge in [0.05, 0.1) is 6.54 Å². The lowest BCUT2D eigenvalue weighted by molar-refractivity contribution is -0.146. The van der Waals surface area contributed by atoms with Gasteiger partial charge in [0.1, 0.15) is 0 Å². The second-order valence-corrected chi connectivity index (χ2v) is 5.67. The second-order valence-electron chi connectivity index (χ2n) is 4.75. The van der Waals surface area contributed by atoms with Crippen molar-refractivity contribution in [3.63, 3.8) is 0 Å². The number of rotatable bonds is 6. The molecule has 1 aliphatic rings. The maximum Gasteiger partial charge on any atom is 0.401 e. The summed E-state index contributed by atoms with van der Waals surface area (Å²) in [5.41, 5.74) is 0.914. The van der Waals surface area contributed by atoms with Crippen molar-refractivity contribution in [3.8, 4) is 0 Å². The van der Waals surface area contributed by atoms with Crippen LogP contribution in [0.4, 0.5) is 18.9 Å². The molecule has 6 heteroatoms. The van der Waals surface area contributed by atoms with Crippen LogP contribution in [0.15, 0.2) is 28.7 Å². The lowest BCUT2D eigenvalue weighted by atomic mass is 10.3. The van der Waals surface area contributed by atoms with E-state index in [-0.39, 0.29) is 6.04 Å². The quantitative estimate of drug-likeness (QED) is 0.847. The smallest absolute Gasteiger partial charge is 0.384 e. The number of halogens is 4. The van der Waals surface area contributed by atoms with E-state index in [9.17, 15) is 13.2 Å². The van der Waals surface area contributed by atoms with Crippen LogP contribution in [-0.2, 0) is 0 Å². The van der Waals surface area contributed by atoms with Gasteiger partial charge in [-0.25, -0.2) is 0 Å². The summed E-state index contributed by atoms with van der Waals surface area (Å²) in [5.74, 6) is 0. The molecule has 19 heavy (non-hydrogen) atoms. The van der Waals surface area contributed by atoms with Gasteiger partial charge in [0, 0.05) is 29.3 Å². The molecule has 0 aromatic heterocycles. The monoisotopic (exact) mass is 336 g/mol. The molecule has 1 saturated carbocycles. The first kappa shape index (κ1) is 14.7. The normalized spacial score (nSPS) is 15.8. The molecule has 0 heterocycles. The highest BCUT2D eigenvalue weighted by molar-refractivity contribution is 9.10. The van der Waals surface area contributed by atoms with Crippen LogP contribution in [0.5, 0.6) is 0 Å². The van der Waals surface area contributed by atoms with Gasteiger partial charge >= 0.3 is 6.18 Å². The summed E-state index contributed by atoms with van der Waals surface area (Å²) in [6.07, 6.45) is -2.35. The number of hydrogen-bond acceptors (Lipinski definition) is 2. The summed E-state index contributed by atoms with van der Waals surface area (Å²) < 4.78 is 38.2. The fraction of sp³-hybridized carbons (Fsp3) is 0.538. The topological polar surface area (TPSA) is 15.3 Å². The van der Waals surface area contributed by atoms with Crippen LogP contribution in [-0.4, -0.2) is 36.8 Å². The van der Waals surface area contributed by atoms with Crippen LogP contribution in [0.25, 0.3) is 0 Å².